The number of anilines is 1. The van der Waals surface area contributed by atoms with Crippen molar-refractivity contribution in [1.29, 1.82) is 0 Å². The Morgan fingerprint density at radius 2 is 2.13 bits per heavy atom. The topological polar surface area (TPSA) is 63.2 Å². The standard InChI is InChI=1S/C17H19N3O2S/c21-16(20-17-19-14(10-23-17)11-4-3-5-11)18-13-8-9-22-15-7-2-1-6-12(13)15/h1-2,6-7,10-11,13H,3-5,8-9H2,(H2,18,19,20,21). The number of benzene rings is 1. The molecule has 1 aliphatic heterocycles. The lowest BCUT2D eigenvalue weighted by atomic mass is 9.83. The number of carbonyl (C=O) groups excluding carboxylic acids is 1. The molecule has 120 valence electrons. The largest absolute Gasteiger partial charge is 0.493 e. The summed E-state index contributed by atoms with van der Waals surface area (Å²) >= 11 is 1.50. The van der Waals surface area contributed by atoms with Crippen LogP contribution in [0.3, 0.4) is 0 Å². The molecule has 1 fully saturated rings. The predicted octanol–water partition coefficient (Wildman–Crippen LogP) is 4.06. The molecule has 4 rings (SSSR count). The van der Waals surface area contributed by atoms with Crippen molar-refractivity contribution in [2.24, 2.45) is 0 Å². The summed E-state index contributed by atoms with van der Waals surface area (Å²) in [7, 11) is 0. The molecule has 2 aromatic rings. The minimum Gasteiger partial charge on any atom is -0.493 e. The summed E-state index contributed by atoms with van der Waals surface area (Å²) in [6, 6.07) is 7.61. The first kappa shape index (κ1) is 14.5. The molecule has 0 radical (unpaired) electrons. The highest BCUT2D eigenvalue weighted by atomic mass is 32.1. The average Bonchev–Trinajstić information content (AvgIpc) is 2.93. The zero-order valence-electron chi connectivity index (χ0n) is 12.7. The van der Waals surface area contributed by atoms with Crippen LogP contribution < -0.4 is 15.4 Å². The number of rotatable bonds is 3. The first-order valence-corrected chi connectivity index (χ1v) is 8.92. The smallest absolute Gasteiger partial charge is 0.321 e. The van der Waals surface area contributed by atoms with Gasteiger partial charge in [-0.2, -0.15) is 0 Å². The number of aromatic nitrogens is 1. The molecule has 2 aliphatic rings. The highest BCUT2D eigenvalue weighted by Gasteiger charge is 2.24. The average molecular weight is 329 g/mol. The van der Waals surface area contributed by atoms with Crippen LogP contribution in [0.2, 0.25) is 0 Å². The molecule has 1 aromatic heterocycles. The number of ether oxygens (including phenoxy) is 1. The van der Waals surface area contributed by atoms with Gasteiger partial charge in [0.1, 0.15) is 5.75 Å². The normalized spacial score (nSPS) is 20.1. The molecule has 1 aliphatic carbocycles. The van der Waals surface area contributed by atoms with Crippen molar-refractivity contribution >= 4 is 22.5 Å². The summed E-state index contributed by atoms with van der Waals surface area (Å²) in [6.07, 6.45) is 4.49. The van der Waals surface area contributed by atoms with Crippen LogP contribution in [0.5, 0.6) is 5.75 Å². The first-order valence-electron chi connectivity index (χ1n) is 8.04. The van der Waals surface area contributed by atoms with E-state index in [2.05, 4.69) is 21.0 Å². The Morgan fingerprint density at radius 1 is 1.26 bits per heavy atom. The van der Waals surface area contributed by atoms with Crippen LogP contribution in [0.1, 0.15) is 48.9 Å². The highest BCUT2D eigenvalue weighted by molar-refractivity contribution is 7.13. The summed E-state index contributed by atoms with van der Waals surface area (Å²) in [4.78, 5) is 16.8. The van der Waals surface area contributed by atoms with Gasteiger partial charge in [-0.25, -0.2) is 9.78 Å². The van der Waals surface area contributed by atoms with Gasteiger partial charge >= 0.3 is 6.03 Å². The zero-order valence-corrected chi connectivity index (χ0v) is 13.6. The molecule has 1 saturated carbocycles. The number of fused-ring (bicyclic) bond motifs is 1. The second kappa shape index (κ2) is 6.20. The summed E-state index contributed by atoms with van der Waals surface area (Å²) in [6.45, 7) is 0.616. The number of nitrogens with zero attached hydrogens (tertiary/aromatic N) is 1. The van der Waals surface area contributed by atoms with E-state index in [4.69, 9.17) is 4.74 Å². The number of thiazole rings is 1. The maximum Gasteiger partial charge on any atom is 0.321 e. The third-order valence-corrected chi connectivity index (χ3v) is 5.31. The van der Waals surface area contributed by atoms with E-state index in [1.807, 2.05) is 24.3 Å². The fraction of sp³-hybridized carbons (Fsp3) is 0.412. The molecule has 2 N–H and O–H groups in total. The van der Waals surface area contributed by atoms with Crippen LogP contribution in [0.15, 0.2) is 29.6 Å². The lowest BCUT2D eigenvalue weighted by Crippen LogP contribution is -2.35. The van der Waals surface area contributed by atoms with Gasteiger partial charge in [0.05, 0.1) is 18.3 Å². The number of hydrogen-bond donors (Lipinski definition) is 2. The van der Waals surface area contributed by atoms with E-state index >= 15 is 0 Å². The van der Waals surface area contributed by atoms with Gasteiger partial charge in [-0.3, -0.25) is 5.32 Å². The SMILES string of the molecule is O=C(Nc1nc(C2CCC2)cs1)NC1CCOc2ccccc21. The van der Waals surface area contributed by atoms with E-state index in [-0.39, 0.29) is 12.1 Å². The van der Waals surface area contributed by atoms with Gasteiger partial charge in [-0.1, -0.05) is 24.6 Å². The number of hydrogen-bond acceptors (Lipinski definition) is 4. The van der Waals surface area contributed by atoms with Crippen molar-refractivity contribution in [3.05, 3.63) is 40.9 Å². The minimum atomic E-state index is -0.207. The van der Waals surface area contributed by atoms with Crippen LogP contribution in [-0.4, -0.2) is 17.6 Å². The summed E-state index contributed by atoms with van der Waals surface area (Å²) < 4.78 is 5.62. The molecule has 0 bridgehead atoms. The summed E-state index contributed by atoms with van der Waals surface area (Å²) in [5.41, 5.74) is 2.15. The van der Waals surface area contributed by atoms with E-state index in [1.165, 1.54) is 30.6 Å². The van der Waals surface area contributed by atoms with E-state index in [9.17, 15) is 4.79 Å². The van der Waals surface area contributed by atoms with Crippen molar-refractivity contribution in [3.8, 4) is 5.75 Å². The fourth-order valence-electron chi connectivity index (χ4n) is 3.02. The van der Waals surface area contributed by atoms with E-state index < -0.39 is 0 Å². The van der Waals surface area contributed by atoms with Gasteiger partial charge in [0, 0.05) is 23.3 Å². The summed E-state index contributed by atoms with van der Waals surface area (Å²) in [5, 5.41) is 8.62. The van der Waals surface area contributed by atoms with Crippen molar-refractivity contribution in [2.45, 2.75) is 37.6 Å². The Hall–Kier alpha value is -2.08. The Bertz CT molecular complexity index is 711. The van der Waals surface area contributed by atoms with Crippen molar-refractivity contribution in [3.63, 3.8) is 0 Å². The minimum absolute atomic E-state index is 0.0222. The molecule has 0 saturated heterocycles. The Kier molecular flexibility index (Phi) is 3.91. The van der Waals surface area contributed by atoms with E-state index in [1.54, 1.807) is 0 Å². The van der Waals surface area contributed by atoms with Gasteiger partial charge in [0.15, 0.2) is 5.13 Å². The molecule has 0 spiro atoms. The maximum absolute atomic E-state index is 12.3. The molecule has 2 amide bonds. The Balaban J connectivity index is 1.39. The van der Waals surface area contributed by atoms with Gasteiger partial charge < -0.3 is 10.1 Å². The molecule has 2 heterocycles. The first-order chi connectivity index (χ1) is 11.3. The Labute approximate surface area is 139 Å². The molecular formula is C17H19N3O2S. The number of urea groups is 1. The van der Waals surface area contributed by atoms with Crippen molar-refractivity contribution < 1.29 is 9.53 Å². The second-order valence-electron chi connectivity index (χ2n) is 6.03. The summed E-state index contributed by atoms with van der Waals surface area (Å²) in [5.74, 6) is 1.44. The molecule has 1 atom stereocenters. The third kappa shape index (κ3) is 3.03. The highest BCUT2D eigenvalue weighted by Crippen LogP contribution is 2.37. The van der Waals surface area contributed by atoms with Gasteiger partial charge in [-0.15, -0.1) is 11.3 Å². The number of nitrogens with one attached hydrogen (secondary N) is 2. The van der Waals surface area contributed by atoms with E-state index in [0.717, 1.165) is 23.4 Å². The van der Waals surface area contributed by atoms with Gasteiger partial charge in [0.25, 0.3) is 0 Å². The van der Waals surface area contributed by atoms with Crippen LogP contribution in [0, 0.1) is 0 Å². The van der Waals surface area contributed by atoms with Crippen LogP contribution in [-0.2, 0) is 0 Å². The Morgan fingerprint density at radius 3 is 2.96 bits per heavy atom. The molecule has 6 heteroatoms. The fourth-order valence-corrected chi connectivity index (χ4v) is 3.81. The molecular weight excluding hydrogens is 310 g/mol. The number of amides is 2. The van der Waals surface area contributed by atoms with Crippen molar-refractivity contribution in [2.75, 3.05) is 11.9 Å². The molecule has 1 unspecified atom stereocenters. The monoisotopic (exact) mass is 329 g/mol. The lowest BCUT2D eigenvalue weighted by molar-refractivity contribution is 0.232. The van der Waals surface area contributed by atoms with Gasteiger partial charge in [0.2, 0.25) is 0 Å². The maximum atomic E-state index is 12.3. The number of para-hydroxylation sites is 1. The molecule has 23 heavy (non-hydrogen) atoms. The lowest BCUT2D eigenvalue weighted by Gasteiger charge is -2.26. The van der Waals surface area contributed by atoms with Crippen LogP contribution in [0.4, 0.5) is 9.93 Å². The number of carbonyl (C=O) groups is 1. The molecule has 1 aromatic carbocycles. The van der Waals surface area contributed by atoms with Gasteiger partial charge in [-0.05, 0) is 18.9 Å². The quantitative estimate of drug-likeness (QED) is 0.893. The molecule has 5 nitrogen and oxygen atoms in total. The third-order valence-electron chi connectivity index (χ3n) is 4.53. The van der Waals surface area contributed by atoms with Crippen LogP contribution in [0.25, 0.3) is 0 Å². The zero-order chi connectivity index (χ0) is 15.6. The van der Waals surface area contributed by atoms with Crippen molar-refractivity contribution in [1.82, 2.24) is 10.3 Å². The second-order valence-corrected chi connectivity index (χ2v) is 6.89. The van der Waals surface area contributed by atoms with E-state index in [0.29, 0.717) is 17.7 Å². The predicted molar refractivity (Wildman–Crippen MR) is 90.2 cm³/mol. The van der Waals surface area contributed by atoms with Crippen LogP contribution >= 0.6 is 11.3 Å².